The van der Waals surface area contributed by atoms with E-state index in [1.54, 1.807) is 26.2 Å². The average molecular weight is 397 g/mol. The Hall–Kier alpha value is -1.76. The van der Waals surface area contributed by atoms with E-state index in [1.807, 2.05) is 36.4 Å². The molecule has 0 radical (unpaired) electrons. The van der Waals surface area contributed by atoms with Gasteiger partial charge in [0.2, 0.25) is 0 Å². The summed E-state index contributed by atoms with van der Waals surface area (Å²) in [5.41, 5.74) is 0.678. The van der Waals surface area contributed by atoms with Crippen LogP contribution in [0.25, 0.3) is 0 Å². The lowest BCUT2D eigenvalue weighted by atomic mass is 10.2. The molecule has 2 rings (SSSR count). The van der Waals surface area contributed by atoms with Gasteiger partial charge in [0.1, 0.15) is 11.5 Å². The lowest BCUT2D eigenvalue weighted by molar-refractivity contribution is -0.122. The van der Waals surface area contributed by atoms with Crippen LogP contribution in [0.4, 0.5) is 5.69 Å². The van der Waals surface area contributed by atoms with Gasteiger partial charge >= 0.3 is 0 Å². The maximum Gasteiger partial charge on any atom is 0.265 e. The molecule has 1 atom stereocenters. The molecule has 0 aliphatic heterocycles. The Morgan fingerprint density at radius 3 is 2.52 bits per heavy atom. The molecule has 4 nitrogen and oxygen atoms in total. The molecule has 0 fully saturated rings. The molecular formula is C16H16INO3. The molecule has 2 aromatic carbocycles. The van der Waals surface area contributed by atoms with Crippen LogP contribution in [0.5, 0.6) is 11.5 Å². The number of rotatable bonds is 5. The standard InChI is InChI=1S/C16H16INO3/c1-11(21-14-8-6-12(17)7-9-14)16(19)18-13-4-3-5-15(10-13)20-2/h3-11H,1-2H3,(H,18,19). The number of carbonyl (C=O) groups is 1. The van der Waals surface area contributed by atoms with Crippen LogP contribution in [-0.4, -0.2) is 19.1 Å². The van der Waals surface area contributed by atoms with Gasteiger partial charge in [-0.2, -0.15) is 0 Å². The van der Waals surface area contributed by atoms with Crippen LogP contribution in [0.15, 0.2) is 48.5 Å². The quantitative estimate of drug-likeness (QED) is 0.783. The van der Waals surface area contributed by atoms with Gasteiger partial charge in [-0.1, -0.05) is 6.07 Å². The molecule has 5 heteroatoms. The second-order valence-corrected chi connectivity index (χ2v) is 5.68. The SMILES string of the molecule is COc1cccc(NC(=O)C(C)Oc2ccc(I)cc2)c1. The van der Waals surface area contributed by atoms with Gasteiger partial charge in [0, 0.05) is 15.3 Å². The Morgan fingerprint density at radius 2 is 1.86 bits per heavy atom. The highest BCUT2D eigenvalue weighted by Crippen LogP contribution is 2.18. The first-order chi connectivity index (χ1) is 10.1. The van der Waals surface area contributed by atoms with E-state index >= 15 is 0 Å². The lowest BCUT2D eigenvalue weighted by Gasteiger charge is -2.15. The summed E-state index contributed by atoms with van der Waals surface area (Å²) in [7, 11) is 1.59. The minimum atomic E-state index is -0.587. The zero-order valence-electron chi connectivity index (χ0n) is 11.8. The number of carbonyl (C=O) groups excluding carboxylic acids is 1. The summed E-state index contributed by atoms with van der Waals surface area (Å²) >= 11 is 2.22. The first kappa shape index (κ1) is 15.6. The Balaban J connectivity index is 1.97. The molecule has 1 unspecified atom stereocenters. The maximum atomic E-state index is 12.1. The van der Waals surface area contributed by atoms with E-state index in [0.717, 1.165) is 3.57 Å². The fraction of sp³-hybridized carbons (Fsp3) is 0.188. The molecule has 0 spiro atoms. The van der Waals surface area contributed by atoms with Gasteiger partial charge in [0.15, 0.2) is 6.10 Å². The Morgan fingerprint density at radius 1 is 1.14 bits per heavy atom. The van der Waals surface area contributed by atoms with Crippen molar-refractivity contribution in [3.05, 3.63) is 52.1 Å². The molecule has 0 saturated heterocycles. The van der Waals surface area contributed by atoms with E-state index in [4.69, 9.17) is 9.47 Å². The van der Waals surface area contributed by atoms with Gasteiger partial charge in [0.25, 0.3) is 5.91 Å². The summed E-state index contributed by atoms with van der Waals surface area (Å²) in [6, 6.07) is 14.8. The van der Waals surface area contributed by atoms with Crippen molar-refractivity contribution in [2.24, 2.45) is 0 Å². The number of amides is 1. The van der Waals surface area contributed by atoms with Gasteiger partial charge in [-0.25, -0.2) is 0 Å². The predicted octanol–water partition coefficient (Wildman–Crippen LogP) is 3.71. The molecule has 0 aliphatic rings. The molecule has 0 aromatic heterocycles. The molecule has 0 bridgehead atoms. The first-order valence-corrected chi connectivity index (χ1v) is 7.53. The van der Waals surface area contributed by atoms with Crippen molar-refractivity contribution >= 4 is 34.2 Å². The van der Waals surface area contributed by atoms with Gasteiger partial charge < -0.3 is 14.8 Å². The minimum absolute atomic E-state index is 0.207. The molecule has 21 heavy (non-hydrogen) atoms. The maximum absolute atomic E-state index is 12.1. The molecule has 0 saturated carbocycles. The van der Waals surface area contributed by atoms with Gasteiger partial charge in [-0.15, -0.1) is 0 Å². The monoisotopic (exact) mass is 397 g/mol. The Labute approximate surface area is 137 Å². The van der Waals surface area contributed by atoms with E-state index in [-0.39, 0.29) is 5.91 Å². The van der Waals surface area contributed by atoms with E-state index < -0.39 is 6.10 Å². The van der Waals surface area contributed by atoms with Crippen molar-refractivity contribution in [1.82, 2.24) is 0 Å². The highest BCUT2D eigenvalue weighted by molar-refractivity contribution is 14.1. The third-order valence-corrected chi connectivity index (χ3v) is 3.55. The Kier molecular flexibility index (Phi) is 5.44. The second kappa shape index (κ2) is 7.31. The molecular weight excluding hydrogens is 381 g/mol. The smallest absolute Gasteiger partial charge is 0.265 e. The van der Waals surface area contributed by atoms with Crippen LogP contribution in [0.2, 0.25) is 0 Å². The van der Waals surface area contributed by atoms with Gasteiger partial charge in [0.05, 0.1) is 7.11 Å². The van der Waals surface area contributed by atoms with Crippen LogP contribution in [0, 0.1) is 3.57 Å². The summed E-state index contributed by atoms with van der Waals surface area (Å²) < 4.78 is 11.9. The fourth-order valence-corrected chi connectivity index (χ4v) is 2.08. The Bertz CT molecular complexity index is 613. The first-order valence-electron chi connectivity index (χ1n) is 6.45. The van der Waals surface area contributed by atoms with Crippen molar-refractivity contribution in [1.29, 1.82) is 0 Å². The zero-order valence-corrected chi connectivity index (χ0v) is 14.0. The number of hydrogen-bond acceptors (Lipinski definition) is 3. The molecule has 1 amide bonds. The summed E-state index contributed by atoms with van der Waals surface area (Å²) in [5.74, 6) is 1.16. The van der Waals surface area contributed by atoms with Crippen molar-refractivity contribution in [3.8, 4) is 11.5 Å². The summed E-state index contributed by atoms with van der Waals surface area (Å²) in [4.78, 5) is 12.1. The van der Waals surface area contributed by atoms with Crippen LogP contribution in [0.1, 0.15) is 6.92 Å². The van der Waals surface area contributed by atoms with Crippen LogP contribution in [-0.2, 0) is 4.79 Å². The molecule has 1 N–H and O–H groups in total. The summed E-state index contributed by atoms with van der Waals surface area (Å²) in [6.45, 7) is 1.72. The summed E-state index contributed by atoms with van der Waals surface area (Å²) in [6.07, 6.45) is -0.587. The third kappa shape index (κ3) is 4.63. The van der Waals surface area contributed by atoms with E-state index in [9.17, 15) is 4.79 Å². The average Bonchev–Trinajstić information content (AvgIpc) is 2.49. The number of hydrogen-bond donors (Lipinski definition) is 1. The highest BCUT2D eigenvalue weighted by Gasteiger charge is 2.15. The number of benzene rings is 2. The van der Waals surface area contributed by atoms with Crippen molar-refractivity contribution in [2.45, 2.75) is 13.0 Å². The summed E-state index contributed by atoms with van der Waals surface area (Å²) in [5, 5.41) is 2.80. The largest absolute Gasteiger partial charge is 0.497 e. The molecule has 2 aromatic rings. The normalized spacial score (nSPS) is 11.6. The van der Waals surface area contributed by atoms with Crippen LogP contribution in [0.3, 0.4) is 0 Å². The van der Waals surface area contributed by atoms with Crippen molar-refractivity contribution in [2.75, 3.05) is 12.4 Å². The third-order valence-electron chi connectivity index (χ3n) is 2.83. The predicted molar refractivity (Wildman–Crippen MR) is 90.9 cm³/mol. The second-order valence-electron chi connectivity index (χ2n) is 4.44. The minimum Gasteiger partial charge on any atom is -0.497 e. The topological polar surface area (TPSA) is 47.6 Å². The van der Waals surface area contributed by atoms with Crippen molar-refractivity contribution in [3.63, 3.8) is 0 Å². The number of anilines is 1. The molecule has 110 valence electrons. The number of halogens is 1. The lowest BCUT2D eigenvalue weighted by Crippen LogP contribution is -2.30. The van der Waals surface area contributed by atoms with Crippen LogP contribution < -0.4 is 14.8 Å². The van der Waals surface area contributed by atoms with E-state index in [0.29, 0.717) is 17.2 Å². The highest BCUT2D eigenvalue weighted by atomic mass is 127. The zero-order chi connectivity index (χ0) is 15.2. The van der Waals surface area contributed by atoms with Gasteiger partial charge in [-0.3, -0.25) is 4.79 Å². The fourth-order valence-electron chi connectivity index (χ4n) is 1.72. The van der Waals surface area contributed by atoms with Crippen LogP contribution >= 0.6 is 22.6 Å². The van der Waals surface area contributed by atoms with Crippen molar-refractivity contribution < 1.29 is 14.3 Å². The number of methoxy groups -OCH3 is 1. The van der Waals surface area contributed by atoms with E-state index in [1.165, 1.54) is 0 Å². The van der Waals surface area contributed by atoms with E-state index in [2.05, 4.69) is 27.9 Å². The van der Waals surface area contributed by atoms with Gasteiger partial charge in [-0.05, 0) is 65.9 Å². The molecule has 0 heterocycles. The molecule has 0 aliphatic carbocycles. The number of nitrogens with one attached hydrogen (secondary N) is 1. The number of ether oxygens (including phenoxy) is 2.